The summed E-state index contributed by atoms with van der Waals surface area (Å²) in [7, 11) is 1.62. The monoisotopic (exact) mass is 428 g/mol. The van der Waals surface area contributed by atoms with E-state index in [4.69, 9.17) is 0 Å². The van der Waals surface area contributed by atoms with E-state index in [9.17, 15) is 22.4 Å². The fourth-order valence-electron chi connectivity index (χ4n) is 4.23. The molecular weight excluding hydrogens is 412 g/mol. The molecule has 31 heavy (non-hydrogen) atoms. The molecule has 0 radical (unpaired) electrons. The summed E-state index contributed by atoms with van der Waals surface area (Å²) in [5.41, 5.74) is 2.71. The lowest BCUT2D eigenvalue weighted by molar-refractivity contribution is 0.0734. The highest BCUT2D eigenvalue weighted by Gasteiger charge is 2.29. The smallest absolute Gasteiger partial charge is 0.256 e. The molecule has 0 spiro atoms. The number of amides is 1. The number of aryl methyl sites for hydroxylation is 1. The van der Waals surface area contributed by atoms with Gasteiger partial charge in [-0.15, -0.1) is 0 Å². The predicted octanol–water partition coefficient (Wildman–Crippen LogP) is 4.32. The fraction of sp³-hybridized carbons (Fsp3) is 0.182. The second kappa shape index (κ2) is 6.97. The first-order valence-electron chi connectivity index (χ1n) is 9.59. The molecule has 4 aromatic rings. The molecule has 0 saturated carbocycles. The summed E-state index contributed by atoms with van der Waals surface area (Å²) in [5, 5.41) is 4.64. The van der Waals surface area contributed by atoms with Gasteiger partial charge < -0.3 is 9.88 Å². The maximum absolute atomic E-state index is 14.3. The van der Waals surface area contributed by atoms with Crippen molar-refractivity contribution in [3.63, 3.8) is 0 Å². The molecular formula is C22H16F4N4O. The van der Waals surface area contributed by atoms with E-state index < -0.39 is 23.3 Å². The van der Waals surface area contributed by atoms with Crippen LogP contribution in [0.5, 0.6) is 0 Å². The van der Waals surface area contributed by atoms with Gasteiger partial charge in [0.05, 0.1) is 23.5 Å². The maximum Gasteiger partial charge on any atom is 0.256 e. The number of fused-ring (bicyclic) bond motifs is 2. The van der Waals surface area contributed by atoms with Gasteiger partial charge in [-0.1, -0.05) is 6.07 Å². The minimum absolute atomic E-state index is 0.162. The van der Waals surface area contributed by atoms with Crippen molar-refractivity contribution in [1.29, 1.82) is 0 Å². The van der Waals surface area contributed by atoms with Crippen molar-refractivity contribution in [3.05, 3.63) is 76.6 Å². The van der Waals surface area contributed by atoms with Gasteiger partial charge in [0.1, 0.15) is 5.82 Å². The highest BCUT2D eigenvalue weighted by Crippen LogP contribution is 2.32. The van der Waals surface area contributed by atoms with Crippen LogP contribution >= 0.6 is 0 Å². The Bertz CT molecular complexity index is 1330. The van der Waals surface area contributed by atoms with Gasteiger partial charge in [-0.3, -0.25) is 9.48 Å². The molecule has 0 aliphatic carbocycles. The van der Waals surface area contributed by atoms with Crippen molar-refractivity contribution in [2.75, 3.05) is 6.54 Å². The number of nitrogens with one attached hydrogen (secondary N) is 1. The van der Waals surface area contributed by atoms with Crippen LogP contribution in [-0.2, 0) is 20.0 Å². The molecule has 2 aromatic heterocycles. The second-order valence-electron chi connectivity index (χ2n) is 7.49. The van der Waals surface area contributed by atoms with Crippen molar-refractivity contribution in [2.45, 2.75) is 13.0 Å². The Morgan fingerprint density at radius 1 is 1.10 bits per heavy atom. The number of hydrogen-bond acceptors (Lipinski definition) is 2. The number of hydrogen-bond donors (Lipinski definition) is 1. The molecule has 0 bridgehead atoms. The maximum atomic E-state index is 14.3. The van der Waals surface area contributed by atoms with Crippen molar-refractivity contribution < 1.29 is 22.4 Å². The largest absolute Gasteiger partial charge is 0.360 e. The Morgan fingerprint density at radius 2 is 1.84 bits per heavy atom. The molecule has 0 unspecified atom stereocenters. The van der Waals surface area contributed by atoms with E-state index in [1.165, 1.54) is 16.9 Å². The number of H-pyrrole nitrogens is 1. The van der Waals surface area contributed by atoms with Gasteiger partial charge in [-0.2, -0.15) is 5.10 Å². The van der Waals surface area contributed by atoms with Crippen LogP contribution in [0.1, 0.15) is 21.6 Å². The minimum atomic E-state index is -1.53. The number of benzene rings is 2. The lowest BCUT2D eigenvalue weighted by Gasteiger charge is -2.26. The zero-order valence-electron chi connectivity index (χ0n) is 16.3. The normalized spacial score (nSPS) is 13.6. The van der Waals surface area contributed by atoms with E-state index in [2.05, 4.69) is 10.1 Å². The highest BCUT2D eigenvalue weighted by atomic mass is 19.2. The van der Waals surface area contributed by atoms with Crippen LogP contribution in [0.3, 0.4) is 0 Å². The van der Waals surface area contributed by atoms with Crippen LogP contribution in [-0.4, -0.2) is 32.1 Å². The van der Waals surface area contributed by atoms with E-state index in [1.54, 1.807) is 24.1 Å². The molecule has 1 N–H and O–H groups in total. The van der Waals surface area contributed by atoms with Crippen molar-refractivity contribution in [2.24, 2.45) is 7.05 Å². The zero-order valence-corrected chi connectivity index (χ0v) is 16.3. The average Bonchev–Trinajstić information content (AvgIpc) is 3.31. The van der Waals surface area contributed by atoms with Crippen molar-refractivity contribution in [1.82, 2.24) is 19.7 Å². The predicted molar refractivity (Wildman–Crippen MR) is 105 cm³/mol. The quantitative estimate of drug-likeness (QED) is 0.382. The first-order chi connectivity index (χ1) is 14.8. The number of aromatic nitrogens is 3. The number of carbonyl (C=O) groups is 1. The summed E-state index contributed by atoms with van der Waals surface area (Å²) in [5.74, 6) is -4.91. The third kappa shape index (κ3) is 2.99. The molecule has 2 aromatic carbocycles. The lowest BCUT2D eigenvalue weighted by atomic mass is 9.99. The Labute approximate surface area is 173 Å². The molecule has 0 saturated heterocycles. The van der Waals surface area contributed by atoms with Crippen LogP contribution in [0, 0.1) is 23.3 Å². The Kier molecular flexibility index (Phi) is 4.35. The third-order valence-electron chi connectivity index (χ3n) is 5.63. The van der Waals surface area contributed by atoms with E-state index >= 15 is 0 Å². The molecule has 158 valence electrons. The molecule has 5 nitrogen and oxygen atoms in total. The van der Waals surface area contributed by atoms with Crippen molar-refractivity contribution >= 4 is 16.8 Å². The summed E-state index contributed by atoms with van der Waals surface area (Å²) in [6, 6.07) is 6.42. The second-order valence-corrected chi connectivity index (χ2v) is 7.49. The molecule has 9 heteroatoms. The zero-order chi connectivity index (χ0) is 21.9. The van der Waals surface area contributed by atoms with E-state index in [1.807, 2.05) is 0 Å². The van der Waals surface area contributed by atoms with Crippen LogP contribution in [0.4, 0.5) is 17.6 Å². The average molecular weight is 428 g/mol. The number of aromatic amines is 1. The van der Waals surface area contributed by atoms with Gasteiger partial charge >= 0.3 is 0 Å². The van der Waals surface area contributed by atoms with E-state index in [0.29, 0.717) is 29.9 Å². The first-order valence-corrected chi connectivity index (χ1v) is 9.59. The molecule has 1 aliphatic rings. The topological polar surface area (TPSA) is 53.9 Å². The van der Waals surface area contributed by atoms with Gasteiger partial charge in [0.2, 0.25) is 0 Å². The molecule has 5 rings (SSSR count). The number of halogens is 4. The first kappa shape index (κ1) is 19.3. The summed E-state index contributed by atoms with van der Waals surface area (Å²) < 4.78 is 56.6. The fourth-order valence-corrected chi connectivity index (χ4v) is 4.23. The lowest BCUT2D eigenvalue weighted by Crippen LogP contribution is -2.36. The van der Waals surface area contributed by atoms with Crippen molar-refractivity contribution in [3.8, 4) is 11.3 Å². The van der Waals surface area contributed by atoms with Gasteiger partial charge in [-0.25, -0.2) is 17.6 Å². The highest BCUT2D eigenvalue weighted by molar-refractivity contribution is 6.07. The molecule has 0 fully saturated rings. The number of rotatable bonds is 2. The Balaban J connectivity index is 1.49. The van der Waals surface area contributed by atoms with E-state index in [0.717, 1.165) is 17.7 Å². The van der Waals surface area contributed by atoms with Gasteiger partial charge in [0.15, 0.2) is 17.5 Å². The minimum Gasteiger partial charge on any atom is -0.360 e. The third-order valence-corrected chi connectivity index (χ3v) is 5.63. The van der Waals surface area contributed by atoms with Gasteiger partial charge in [-0.05, 0) is 30.7 Å². The molecule has 1 amide bonds. The van der Waals surface area contributed by atoms with Crippen LogP contribution in [0.25, 0.3) is 22.2 Å². The molecule has 0 atom stereocenters. The van der Waals surface area contributed by atoms with Crippen LogP contribution in [0.2, 0.25) is 0 Å². The van der Waals surface area contributed by atoms with E-state index in [-0.39, 0.29) is 29.0 Å². The number of nitrogens with zero attached hydrogens (tertiary/aromatic N) is 3. The SMILES string of the molecule is Cn1nc2c(c1-c1cc(F)c(F)c(F)c1)CCN(C(=O)c1c[nH]c3cccc(F)c13)C2. The summed E-state index contributed by atoms with van der Waals surface area (Å²) >= 11 is 0. The summed E-state index contributed by atoms with van der Waals surface area (Å²) in [6.45, 7) is 0.479. The van der Waals surface area contributed by atoms with Crippen LogP contribution < -0.4 is 0 Å². The van der Waals surface area contributed by atoms with Gasteiger partial charge in [0.25, 0.3) is 5.91 Å². The summed E-state index contributed by atoms with van der Waals surface area (Å²) in [4.78, 5) is 17.6. The molecule has 3 heterocycles. The Hall–Kier alpha value is -3.62. The Morgan fingerprint density at radius 3 is 2.58 bits per heavy atom. The summed E-state index contributed by atoms with van der Waals surface area (Å²) in [6.07, 6.45) is 1.87. The standard InChI is InChI=1S/C22H16F4N4O/c1-29-21(11-7-15(24)20(26)16(25)8-11)12-5-6-30(10-18(12)28-29)22(31)13-9-27-17-4-2-3-14(23)19(13)17/h2-4,7-9,27H,5-6,10H2,1H3. The van der Waals surface area contributed by atoms with Gasteiger partial charge in [0, 0.05) is 41.8 Å². The number of carbonyl (C=O) groups excluding carboxylic acids is 1. The molecule has 1 aliphatic heterocycles. The van der Waals surface area contributed by atoms with Crippen LogP contribution in [0.15, 0.2) is 36.5 Å².